The fraction of sp³-hybridized carbons (Fsp3) is 0.100. The average molecular weight is 258 g/mol. The van der Waals surface area contributed by atoms with Crippen LogP contribution in [0, 0.1) is 12.3 Å². The molecule has 0 aromatic heterocycles. The average Bonchev–Trinajstić information content (AvgIpc) is 2.09. The van der Waals surface area contributed by atoms with E-state index in [1.807, 2.05) is 0 Å². The smallest absolute Gasteiger partial charge is 0.175 e. The van der Waals surface area contributed by atoms with Crippen LogP contribution in [0.1, 0.15) is 16.8 Å². The fourth-order valence-corrected chi connectivity index (χ4v) is 1.54. The van der Waals surface area contributed by atoms with Gasteiger partial charge in [-0.2, -0.15) is 0 Å². The molecule has 0 aliphatic rings. The summed E-state index contributed by atoms with van der Waals surface area (Å²) in [5.41, 5.74) is 0.533. The van der Waals surface area contributed by atoms with Crippen LogP contribution in [0.3, 0.4) is 0 Å². The Morgan fingerprint density at radius 2 is 2.31 bits per heavy atom. The Labute approximate surface area is 90.2 Å². The summed E-state index contributed by atoms with van der Waals surface area (Å²) in [5.74, 6) is 2.20. The largest absolute Gasteiger partial charge is 0.293 e. The molecule has 0 fully saturated rings. The lowest BCUT2D eigenvalue weighted by molar-refractivity contribution is 0.0997. The lowest BCUT2D eigenvalue weighted by Crippen LogP contribution is -1.98. The second-order valence-corrected chi connectivity index (χ2v) is 3.72. The normalized spacial score (nSPS) is 9.31. The third-order valence-electron chi connectivity index (χ3n) is 1.49. The van der Waals surface area contributed by atoms with Gasteiger partial charge in [-0.3, -0.25) is 4.79 Å². The maximum absolute atomic E-state index is 11.4. The summed E-state index contributed by atoms with van der Waals surface area (Å²) in [5, 5.41) is 0.531. The number of hydrogen-bond donors (Lipinski definition) is 0. The molecule has 66 valence electrons. The summed E-state index contributed by atoms with van der Waals surface area (Å²) < 4.78 is 0.720. The first kappa shape index (κ1) is 10.3. The summed E-state index contributed by atoms with van der Waals surface area (Å²) in [6.45, 7) is 0. The maximum Gasteiger partial charge on any atom is 0.175 e. The minimum Gasteiger partial charge on any atom is -0.293 e. The number of terminal acetylenes is 1. The lowest BCUT2D eigenvalue weighted by Gasteiger charge is -2.00. The van der Waals surface area contributed by atoms with E-state index in [9.17, 15) is 4.79 Å². The van der Waals surface area contributed by atoms with Crippen molar-refractivity contribution in [1.82, 2.24) is 0 Å². The van der Waals surface area contributed by atoms with E-state index in [0.717, 1.165) is 4.47 Å². The molecule has 0 aliphatic carbocycles. The van der Waals surface area contributed by atoms with Crippen LogP contribution >= 0.6 is 27.5 Å². The van der Waals surface area contributed by atoms with Gasteiger partial charge >= 0.3 is 0 Å². The van der Waals surface area contributed by atoms with Crippen molar-refractivity contribution in [1.29, 1.82) is 0 Å². The zero-order chi connectivity index (χ0) is 9.84. The van der Waals surface area contributed by atoms with Crippen LogP contribution in [0.5, 0.6) is 0 Å². The van der Waals surface area contributed by atoms with Gasteiger partial charge in [0.1, 0.15) is 0 Å². The quantitative estimate of drug-likeness (QED) is 0.587. The molecule has 0 heterocycles. The second kappa shape index (κ2) is 4.45. The van der Waals surface area contributed by atoms with Crippen molar-refractivity contribution in [2.45, 2.75) is 6.42 Å². The molecule has 0 atom stereocenters. The van der Waals surface area contributed by atoms with Crippen molar-refractivity contribution in [3.63, 3.8) is 0 Å². The predicted molar refractivity (Wildman–Crippen MR) is 56.9 cm³/mol. The number of carbonyl (C=O) groups is 1. The molecule has 0 N–H and O–H groups in total. The molecule has 3 heteroatoms. The van der Waals surface area contributed by atoms with Crippen LogP contribution in [0.4, 0.5) is 0 Å². The Hall–Kier alpha value is -0.780. The topological polar surface area (TPSA) is 17.1 Å². The van der Waals surface area contributed by atoms with E-state index in [4.69, 9.17) is 18.0 Å². The highest BCUT2D eigenvalue weighted by Crippen LogP contribution is 2.22. The molecule has 1 aromatic rings. The molecule has 0 aliphatic heterocycles. The zero-order valence-electron chi connectivity index (χ0n) is 6.68. The summed E-state index contributed by atoms with van der Waals surface area (Å²) in [6.07, 6.45) is 5.13. The molecule has 0 unspecified atom stereocenters. The van der Waals surface area contributed by atoms with E-state index in [1.165, 1.54) is 0 Å². The third kappa shape index (κ3) is 2.58. The van der Waals surface area contributed by atoms with Gasteiger partial charge in [0.05, 0.1) is 6.42 Å². The van der Waals surface area contributed by atoms with Gasteiger partial charge in [-0.1, -0.05) is 33.5 Å². The number of carbonyl (C=O) groups excluding carboxylic acids is 1. The number of Topliss-reactive ketones (excluding diaryl/α,β-unsaturated/α-hetero) is 1. The van der Waals surface area contributed by atoms with E-state index in [0.29, 0.717) is 10.6 Å². The monoisotopic (exact) mass is 256 g/mol. The number of rotatable bonds is 2. The third-order valence-corrected chi connectivity index (χ3v) is 2.42. The van der Waals surface area contributed by atoms with Crippen LogP contribution < -0.4 is 0 Å². The molecular formula is C10H6BrClO. The van der Waals surface area contributed by atoms with Gasteiger partial charge in [0.25, 0.3) is 0 Å². The summed E-state index contributed by atoms with van der Waals surface area (Å²) in [7, 11) is 0. The Morgan fingerprint density at radius 3 is 2.92 bits per heavy atom. The van der Waals surface area contributed by atoms with E-state index in [-0.39, 0.29) is 12.2 Å². The van der Waals surface area contributed by atoms with Crippen molar-refractivity contribution >= 4 is 33.3 Å². The van der Waals surface area contributed by atoms with Crippen molar-refractivity contribution in [2.75, 3.05) is 0 Å². The van der Waals surface area contributed by atoms with Crippen LogP contribution in [-0.4, -0.2) is 5.78 Å². The minimum atomic E-state index is -0.100. The molecule has 1 nitrogen and oxygen atoms in total. The molecule has 0 bridgehead atoms. The van der Waals surface area contributed by atoms with E-state index in [2.05, 4.69) is 21.9 Å². The van der Waals surface area contributed by atoms with Gasteiger partial charge < -0.3 is 0 Å². The summed E-state index contributed by atoms with van der Waals surface area (Å²) in [6, 6.07) is 5.04. The highest BCUT2D eigenvalue weighted by atomic mass is 79.9. The van der Waals surface area contributed by atoms with Crippen LogP contribution in [0.2, 0.25) is 5.02 Å². The molecule has 1 rings (SSSR count). The Bertz CT molecular complexity index is 379. The standard InChI is InChI=1S/C10H6BrClO/c1-2-3-10(13)8-6-7(12)4-5-9(8)11/h1,4-6H,3H2. The SMILES string of the molecule is C#CCC(=O)c1cc(Cl)ccc1Br. The molecule has 0 spiro atoms. The Kier molecular flexibility index (Phi) is 3.53. The second-order valence-electron chi connectivity index (χ2n) is 2.43. The molecular weight excluding hydrogens is 251 g/mol. The van der Waals surface area contributed by atoms with Gasteiger partial charge in [-0.05, 0) is 18.2 Å². The van der Waals surface area contributed by atoms with Crippen LogP contribution in [0.15, 0.2) is 22.7 Å². The van der Waals surface area contributed by atoms with Gasteiger partial charge in [-0.15, -0.1) is 6.42 Å². The van der Waals surface area contributed by atoms with Gasteiger partial charge in [-0.25, -0.2) is 0 Å². The van der Waals surface area contributed by atoms with Crippen molar-refractivity contribution in [3.05, 3.63) is 33.3 Å². The molecule has 13 heavy (non-hydrogen) atoms. The highest BCUT2D eigenvalue weighted by molar-refractivity contribution is 9.10. The fourth-order valence-electron chi connectivity index (χ4n) is 0.899. The van der Waals surface area contributed by atoms with Gasteiger partial charge in [0.2, 0.25) is 0 Å². The summed E-state index contributed by atoms with van der Waals surface area (Å²) >= 11 is 8.99. The van der Waals surface area contributed by atoms with Gasteiger partial charge in [0.15, 0.2) is 5.78 Å². The van der Waals surface area contributed by atoms with Crippen molar-refractivity contribution < 1.29 is 4.79 Å². The van der Waals surface area contributed by atoms with E-state index < -0.39 is 0 Å². The van der Waals surface area contributed by atoms with Crippen LogP contribution in [-0.2, 0) is 0 Å². The zero-order valence-corrected chi connectivity index (χ0v) is 9.02. The number of benzene rings is 1. The number of ketones is 1. The van der Waals surface area contributed by atoms with Gasteiger partial charge in [0, 0.05) is 15.1 Å². The van der Waals surface area contributed by atoms with E-state index in [1.54, 1.807) is 18.2 Å². The van der Waals surface area contributed by atoms with Crippen molar-refractivity contribution in [2.24, 2.45) is 0 Å². The summed E-state index contributed by atoms with van der Waals surface area (Å²) in [4.78, 5) is 11.4. The highest BCUT2D eigenvalue weighted by Gasteiger charge is 2.08. The molecule has 0 amide bonds. The molecule has 0 saturated carbocycles. The number of halogens is 2. The maximum atomic E-state index is 11.4. The minimum absolute atomic E-state index is 0.0962. The first-order valence-corrected chi connectivity index (χ1v) is 4.74. The Balaban J connectivity index is 3.07. The lowest BCUT2D eigenvalue weighted by atomic mass is 10.1. The molecule has 1 aromatic carbocycles. The predicted octanol–water partition coefficient (Wildman–Crippen LogP) is 3.31. The first-order chi connectivity index (χ1) is 6.15. The Morgan fingerprint density at radius 1 is 1.62 bits per heavy atom. The van der Waals surface area contributed by atoms with Crippen molar-refractivity contribution in [3.8, 4) is 12.3 Å². The van der Waals surface area contributed by atoms with Crippen LogP contribution in [0.25, 0.3) is 0 Å². The number of hydrogen-bond acceptors (Lipinski definition) is 1. The molecule has 0 radical (unpaired) electrons. The molecule has 0 saturated heterocycles. The first-order valence-electron chi connectivity index (χ1n) is 3.57. The van der Waals surface area contributed by atoms with E-state index >= 15 is 0 Å².